The standard InChI is InChI=1S/C26H30ClN5O5S2/c1-7-31(14-18-10-16(2)30(4)28-18)26(33)15-32(22-12-20-17(3)29-38-25(20)13-21(22)27)39(34,35)19-8-9-23(36-5)24(11-19)37-6/h8-13H,7,14-15H2,1-6H3. The number of methoxy groups -OCH3 is 2. The average molecular weight is 592 g/mol. The van der Waals surface area contributed by atoms with E-state index in [0.29, 0.717) is 18.0 Å². The first kappa shape index (κ1) is 28.7. The van der Waals surface area contributed by atoms with E-state index in [4.69, 9.17) is 21.1 Å². The molecule has 0 unspecified atom stereocenters. The van der Waals surface area contributed by atoms with E-state index in [1.165, 1.54) is 44.0 Å². The molecule has 2 aromatic carbocycles. The lowest BCUT2D eigenvalue weighted by Crippen LogP contribution is -2.43. The molecule has 1 amide bonds. The van der Waals surface area contributed by atoms with Crippen LogP contribution in [-0.4, -0.2) is 60.7 Å². The van der Waals surface area contributed by atoms with E-state index in [1.807, 2.05) is 33.9 Å². The van der Waals surface area contributed by atoms with Gasteiger partial charge >= 0.3 is 0 Å². The van der Waals surface area contributed by atoms with E-state index in [1.54, 1.807) is 21.7 Å². The molecule has 0 fully saturated rings. The second-order valence-electron chi connectivity index (χ2n) is 8.90. The van der Waals surface area contributed by atoms with Gasteiger partial charge in [0.2, 0.25) is 5.91 Å². The number of benzene rings is 2. The minimum Gasteiger partial charge on any atom is -0.493 e. The Morgan fingerprint density at radius 2 is 1.82 bits per heavy atom. The third-order valence-electron chi connectivity index (χ3n) is 6.46. The van der Waals surface area contributed by atoms with Crippen LogP contribution >= 0.6 is 23.1 Å². The molecule has 13 heteroatoms. The summed E-state index contributed by atoms with van der Waals surface area (Å²) >= 11 is 7.92. The highest BCUT2D eigenvalue weighted by Gasteiger charge is 2.32. The van der Waals surface area contributed by atoms with Crippen LogP contribution in [0.4, 0.5) is 5.69 Å². The van der Waals surface area contributed by atoms with E-state index in [-0.39, 0.29) is 27.9 Å². The van der Waals surface area contributed by atoms with Gasteiger partial charge in [-0.05, 0) is 62.6 Å². The van der Waals surface area contributed by atoms with Crippen molar-refractivity contribution in [2.75, 3.05) is 31.6 Å². The van der Waals surface area contributed by atoms with Crippen molar-refractivity contribution in [2.24, 2.45) is 7.05 Å². The number of amides is 1. The molecule has 2 aromatic heterocycles. The highest BCUT2D eigenvalue weighted by atomic mass is 35.5. The maximum Gasteiger partial charge on any atom is 0.264 e. The molecule has 39 heavy (non-hydrogen) atoms. The fourth-order valence-corrected chi connectivity index (χ4v) is 6.80. The smallest absolute Gasteiger partial charge is 0.264 e. The predicted octanol–water partition coefficient (Wildman–Crippen LogP) is 4.56. The Morgan fingerprint density at radius 3 is 2.44 bits per heavy atom. The van der Waals surface area contributed by atoms with Crippen molar-refractivity contribution in [3.63, 3.8) is 0 Å². The zero-order valence-electron chi connectivity index (χ0n) is 22.6. The van der Waals surface area contributed by atoms with Gasteiger partial charge in [-0.15, -0.1) is 0 Å². The molecule has 0 saturated carbocycles. The topological polar surface area (TPSA) is 107 Å². The highest BCUT2D eigenvalue weighted by molar-refractivity contribution is 7.92. The molecule has 0 saturated heterocycles. The summed E-state index contributed by atoms with van der Waals surface area (Å²) < 4.78 is 46.8. The maximum absolute atomic E-state index is 14.1. The van der Waals surface area contributed by atoms with E-state index in [2.05, 4.69) is 9.47 Å². The van der Waals surface area contributed by atoms with Gasteiger partial charge in [-0.1, -0.05) is 11.6 Å². The molecule has 2 heterocycles. The summed E-state index contributed by atoms with van der Waals surface area (Å²) in [6, 6.07) is 9.51. The van der Waals surface area contributed by atoms with Crippen molar-refractivity contribution in [2.45, 2.75) is 32.2 Å². The molecule has 0 N–H and O–H groups in total. The van der Waals surface area contributed by atoms with E-state index in [9.17, 15) is 13.2 Å². The van der Waals surface area contributed by atoms with Crippen molar-refractivity contribution in [1.29, 1.82) is 0 Å². The van der Waals surface area contributed by atoms with Gasteiger partial charge in [0.15, 0.2) is 11.5 Å². The van der Waals surface area contributed by atoms with Gasteiger partial charge < -0.3 is 14.4 Å². The number of hydrogen-bond acceptors (Lipinski definition) is 8. The van der Waals surface area contributed by atoms with E-state index in [0.717, 1.165) is 25.8 Å². The zero-order valence-corrected chi connectivity index (χ0v) is 24.9. The number of halogens is 1. The molecule has 4 aromatic rings. The normalized spacial score (nSPS) is 11.6. The molecule has 0 aliphatic carbocycles. The van der Waals surface area contributed by atoms with Gasteiger partial charge in [0.05, 0.1) is 52.5 Å². The van der Waals surface area contributed by atoms with E-state index < -0.39 is 22.5 Å². The number of aryl methyl sites for hydroxylation is 3. The van der Waals surface area contributed by atoms with Gasteiger partial charge in [0, 0.05) is 30.7 Å². The van der Waals surface area contributed by atoms with E-state index >= 15 is 0 Å². The molecule has 0 radical (unpaired) electrons. The molecule has 208 valence electrons. The number of ether oxygens (including phenoxy) is 2. The van der Waals surface area contributed by atoms with Crippen molar-refractivity contribution in [1.82, 2.24) is 19.1 Å². The fraction of sp³-hybridized carbons (Fsp3) is 0.346. The Hall–Kier alpha value is -3.35. The summed E-state index contributed by atoms with van der Waals surface area (Å²) in [6.45, 7) is 5.72. The van der Waals surface area contributed by atoms with Gasteiger partial charge in [0.1, 0.15) is 6.54 Å². The summed E-state index contributed by atoms with van der Waals surface area (Å²) in [5, 5.41) is 5.39. The van der Waals surface area contributed by atoms with Crippen molar-refractivity contribution in [3.8, 4) is 11.5 Å². The van der Waals surface area contributed by atoms with Crippen LogP contribution in [0.15, 0.2) is 41.3 Å². The van der Waals surface area contributed by atoms with Crippen molar-refractivity contribution in [3.05, 3.63) is 58.5 Å². The quantitative estimate of drug-likeness (QED) is 0.266. The van der Waals surface area contributed by atoms with Crippen LogP contribution in [0.25, 0.3) is 10.1 Å². The van der Waals surface area contributed by atoms with Crippen LogP contribution in [0.1, 0.15) is 24.0 Å². The summed E-state index contributed by atoms with van der Waals surface area (Å²) in [5.74, 6) is 0.215. The molecule has 0 aliphatic rings. The first-order chi connectivity index (χ1) is 18.5. The number of sulfonamides is 1. The highest BCUT2D eigenvalue weighted by Crippen LogP contribution is 2.38. The number of hydrogen-bond donors (Lipinski definition) is 0. The van der Waals surface area contributed by atoms with Crippen LogP contribution in [0, 0.1) is 13.8 Å². The number of nitrogens with zero attached hydrogens (tertiary/aromatic N) is 5. The Balaban J connectivity index is 1.80. The first-order valence-electron chi connectivity index (χ1n) is 12.1. The first-order valence-corrected chi connectivity index (χ1v) is 14.7. The number of fused-ring (bicyclic) bond motifs is 1. The summed E-state index contributed by atoms with van der Waals surface area (Å²) in [5.41, 5.74) is 2.58. The average Bonchev–Trinajstić information content (AvgIpc) is 3.44. The van der Waals surface area contributed by atoms with Crippen LogP contribution in [0.2, 0.25) is 5.02 Å². The minimum atomic E-state index is -4.28. The Labute approximate surface area is 236 Å². The summed E-state index contributed by atoms with van der Waals surface area (Å²) in [6.07, 6.45) is 0. The molecular formula is C26H30ClN5O5S2. The minimum absolute atomic E-state index is 0.0762. The molecule has 0 spiro atoms. The van der Waals surface area contributed by atoms with Gasteiger partial charge in [-0.25, -0.2) is 8.42 Å². The monoisotopic (exact) mass is 591 g/mol. The largest absolute Gasteiger partial charge is 0.493 e. The van der Waals surface area contributed by atoms with Crippen molar-refractivity contribution >= 4 is 54.8 Å². The van der Waals surface area contributed by atoms with Crippen LogP contribution in [0.5, 0.6) is 11.5 Å². The van der Waals surface area contributed by atoms with Gasteiger partial charge in [0.25, 0.3) is 10.0 Å². The lowest BCUT2D eigenvalue weighted by molar-refractivity contribution is -0.130. The summed E-state index contributed by atoms with van der Waals surface area (Å²) in [7, 11) is 0.431. The fourth-order valence-electron chi connectivity index (χ4n) is 4.17. The summed E-state index contributed by atoms with van der Waals surface area (Å²) in [4.78, 5) is 15.1. The number of likely N-dealkylation sites (N-methyl/N-ethyl adjacent to an activating group) is 1. The number of carbonyl (C=O) groups excluding carboxylic acids is 1. The number of aromatic nitrogens is 3. The van der Waals surface area contributed by atoms with Gasteiger partial charge in [-0.2, -0.15) is 9.47 Å². The third-order valence-corrected chi connectivity index (χ3v) is 9.42. The number of anilines is 1. The number of rotatable bonds is 10. The lowest BCUT2D eigenvalue weighted by atomic mass is 10.2. The Kier molecular flexibility index (Phi) is 8.38. The molecule has 0 bridgehead atoms. The second-order valence-corrected chi connectivity index (χ2v) is 12.0. The molecule has 10 nitrogen and oxygen atoms in total. The van der Waals surface area contributed by atoms with Crippen molar-refractivity contribution < 1.29 is 22.7 Å². The van der Waals surface area contributed by atoms with Crippen LogP contribution in [0.3, 0.4) is 0 Å². The Morgan fingerprint density at radius 1 is 1.10 bits per heavy atom. The third kappa shape index (κ3) is 5.68. The lowest BCUT2D eigenvalue weighted by Gasteiger charge is -2.28. The maximum atomic E-state index is 14.1. The molecule has 0 aliphatic heterocycles. The molecular weight excluding hydrogens is 562 g/mol. The molecule has 0 atom stereocenters. The SMILES string of the molecule is CCN(Cc1cc(C)n(C)n1)C(=O)CN(c1cc2c(C)nsc2cc1Cl)S(=O)(=O)c1ccc(OC)c(OC)c1. The van der Waals surface area contributed by atoms with Crippen LogP contribution < -0.4 is 13.8 Å². The Bertz CT molecular complexity index is 1610. The predicted molar refractivity (Wildman–Crippen MR) is 152 cm³/mol. The number of carbonyl (C=O) groups is 1. The molecule has 4 rings (SSSR count). The second kappa shape index (κ2) is 11.4. The zero-order chi connectivity index (χ0) is 28.5. The van der Waals surface area contributed by atoms with Crippen LogP contribution in [-0.2, 0) is 28.4 Å². The van der Waals surface area contributed by atoms with Gasteiger partial charge in [-0.3, -0.25) is 13.8 Å².